The first-order valence-electron chi connectivity index (χ1n) is 7.61. The number of anilines is 1. The number of benzene rings is 1. The number of primary amides is 1. The van der Waals surface area contributed by atoms with Gasteiger partial charge in [0, 0.05) is 37.3 Å². The highest BCUT2D eigenvalue weighted by Gasteiger charge is 2.34. The second kappa shape index (κ2) is 6.85. The van der Waals surface area contributed by atoms with Crippen LogP contribution < -0.4 is 21.3 Å². The number of carbonyl (C=O) groups is 2. The van der Waals surface area contributed by atoms with E-state index in [9.17, 15) is 14.0 Å². The van der Waals surface area contributed by atoms with E-state index in [0.29, 0.717) is 18.4 Å². The number of amides is 3. The van der Waals surface area contributed by atoms with Crippen molar-refractivity contribution in [3.63, 3.8) is 0 Å². The average Bonchev–Trinajstić information content (AvgIpc) is 2.41. The summed E-state index contributed by atoms with van der Waals surface area (Å²) in [6, 6.07) is 3.77. The molecule has 2 rings (SSSR count). The standard InChI is InChI=1S/C16H23FN4O2/c1-9(13-8-11(17)4-5-14(13)21(2)3)19-16(23)20-12-6-10(7-12)15(18)22/h4-5,8-10,12H,6-7H2,1-3H3,(H2,18,22)(H2,19,20,23). The lowest BCUT2D eigenvalue weighted by Crippen LogP contribution is -2.51. The van der Waals surface area contributed by atoms with E-state index in [-0.39, 0.29) is 35.8 Å². The van der Waals surface area contributed by atoms with Crippen LogP contribution in [0.2, 0.25) is 0 Å². The van der Waals surface area contributed by atoms with Gasteiger partial charge in [-0.25, -0.2) is 9.18 Å². The van der Waals surface area contributed by atoms with Crippen molar-refractivity contribution in [1.82, 2.24) is 10.6 Å². The Hall–Kier alpha value is -2.31. The quantitative estimate of drug-likeness (QED) is 0.768. The molecule has 3 amide bonds. The second-order valence-electron chi connectivity index (χ2n) is 6.20. The van der Waals surface area contributed by atoms with Crippen LogP contribution in [0.5, 0.6) is 0 Å². The summed E-state index contributed by atoms with van der Waals surface area (Å²) in [6.45, 7) is 1.80. The number of nitrogens with two attached hydrogens (primary N) is 1. The molecule has 1 aromatic carbocycles. The monoisotopic (exact) mass is 322 g/mol. The predicted molar refractivity (Wildman–Crippen MR) is 86.5 cm³/mol. The van der Waals surface area contributed by atoms with Gasteiger partial charge in [0.15, 0.2) is 0 Å². The third kappa shape index (κ3) is 4.12. The number of rotatable bonds is 5. The van der Waals surface area contributed by atoms with E-state index in [1.807, 2.05) is 19.0 Å². The zero-order valence-electron chi connectivity index (χ0n) is 13.6. The minimum atomic E-state index is -0.352. The fourth-order valence-electron chi connectivity index (χ4n) is 2.75. The molecule has 23 heavy (non-hydrogen) atoms. The van der Waals surface area contributed by atoms with Crippen LogP contribution in [0.25, 0.3) is 0 Å². The first kappa shape index (κ1) is 17.1. The number of halogens is 1. The minimum Gasteiger partial charge on any atom is -0.377 e. The summed E-state index contributed by atoms with van der Waals surface area (Å²) in [6.07, 6.45) is 1.14. The molecular weight excluding hydrogens is 299 g/mol. The molecule has 0 aromatic heterocycles. The van der Waals surface area contributed by atoms with Gasteiger partial charge in [-0.1, -0.05) is 0 Å². The molecule has 1 fully saturated rings. The zero-order chi connectivity index (χ0) is 17.1. The molecular formula is C16H23FN4O2. The summed E-state index contributed by atoms with van der Waals surface area (Å²) in [7, 11) is 3.73. The van der Waals surface area contributed by atoms with E-state index in [2.05, 4.69) is 10.6 Å². The third-order valence-corrected chi connectivity index (χ3v) is 4.16. The second-order valence-corrected chi connectivity index (χ2v) is 6.20. The molecule has 1 atom stereocenters. The molecule has 6 nitrogen and oxygen atoms in total. The van der Waals surface area contributed by atoms with Crippen LogP contribution >= 0.6 is 0 Å². The highest BCUT2D eigenvalue weighted by Crippen LogP contribution is 2.28. The highest BCUT2D eigenvalue weighted by atomic mass is 19.1. The SMILES string of the molecule is CC(NC(=O)NC1CC(C(N)=O)C1)c1cc(F)ccc1N(C)C. The Morgan fingerprint density at radius 2 is 2.00 bits per heavy atom. The molecule has 1 aliphatic carbocycles. The van der Waals surface area contributed by atoms with Gasteiger partial charge in [-0.15, -0.1) is 0 Å². The Balaban J connectivity index is 1.94. The Morgan fingerprint density at radius 3 is 2.57 bits per heavy atom. The molecule has 7 heteroatoms. The molecule has 0 aliphatic heterocycles. The Bertz CT molecular complexity index is 600. The van der Waals surface area contributed by atoms with Gasteiger partial charge in [0.1, 0.15) is 5.82 Å². The van der Waals surface area contributed by atoms with Crippen LogP contribution in [0.3, 0.4) is 0 Å². The number of hydrogen-bond donors (Lipinski definition) is 3. The van der Waals surface area contributed by atoms with Crippen molar-refractivity contribution in [2.75, 3.05) is 19.0 Å². The van der Waals surface area contributed by atoms with Crippen molar-refractivity contribution >= 4 is 17.6 Å². The van der Waals surface area contributed by atoms with Crippen molar-refractivity contribution in [1.29, 1.82) is 0 Å². The molecule has 126 valence electrons. The van der Waals surface area contributed by atoms with Gasteiger partial charge >= 0.3 is 6.03 Å². The number of nitrogens with one attached hydrogen (secondary N) is 2. The lowest BCUT2D eigenvalue weighted by atomic mass is 9.80. The van der Waals surface area contributed by atoms with Gasteiger partial charge in [0.2, 0.25) is 5.91 Å². The smallest absolute Gasteiger partial charge is 0.315 e. The highest BCUT2D eigenvalue weighted by molar-refractivity contribution is 5.79. The predicted octanol–water partition coefficient (Wildman–Crippen LogP) is 1.52. The summed E-state index contributed by atoms with van der Waals surface area (Å²) in [5.74, 6) is -0.823. The maximum atomic E-state index is 13.5. The molecule has 0 saturated heterocycles. The zero-order valence-corrected chi connectivity index (χ0v) is 13.6. The fourth-order valence-corrected chi connectivity index (χ4v) is 2.75. The maximum absolute atomic E-state index is 13.5. The van der Waals surface area contributed by atoms with E-state index in [4.69, 9.17) is 5.73 Å². The summed E-state index contributed by atoms with van der Waals surface area (Å²) >= 11 is 0. The molecule has 1 aliphatic rings. The van der Waals surface area contributed by atoms with Gasteiger partial charge in [0.25, 0.3) is 0 Å². The third-order valence-electron chi connectivity index (χ3n) is 4.16. The van der Waals surface area contributed by atoms with Gasteiger partial charge in [-0.3, -0.25) is 4.79 Å². The van der Waals surface area contributed by atoms with Crippen molar-refractivity contribution in [2.24, 2.45) is 11.7 Å². The van der Waals surface area contributed by atoms with Crippen LogP contribution in [0, 0.1) is 11.7 Å². The fraction of sp³-hybridized carbons (Fsp3) is 0.500. The largest absolute Gasteiger partial charge is 0.377 e. The van der Waals surface area contributed by atoms with Crippen LogP contribution in [0.15, 0.2) is 18.2 Å². The van der Waals surface area contributed by atoms with Crippen LogP contribution in [0.4, 0.5) is 14.9 Å². The van der Waals surface area contributed by atoms with Crippen LogP contribution in [0.1, 0.15) is 31.4 Å². The van der Waals surface area contributed by atoms with Gasteiger partial charge in [-0.05, 0) is 38.0 Å². The summed E-state index contributed by atoms with van der Waals surface area (Å²) in [4.78, 5) is 24.9. The van der Waals surface area contributed by atoms with Crippen LogP contribution in [-0.4, -0.2) is 32.1 Å². The van der Waals surface area contributed by atoms with Crippen LogP contribution in [-0.2, 0) is 4.79 Å². The first-order valence-corrected chi connectivity index (χ1v) is 7.61. The maximum Gasteiger partial charge on any atom is 0.315 e. The van der Waals surface area contributed by atoms with Crippen molar-refractivity contribution in [3.8, 4) is 0 Å². The van der Waals surface area contributed by atoms with Gasteiger partial charge < -0.3 is 21.3 Å². The summed E-state index contributed by atoms with van der Waals surface area (Å²) < 4.78 is 13.5. The van der Waals surface area contributed by atoms with Gasteiger partial charge in [-0.2, -0.15) is 0 Å². The lowest BCUT2D eigenvalue weighted by Gasteiger charge is -2.34. The van der Waals surface area contributed by atoms with E-state index in [1.54, 1.807) is 13.0 Å². The normalized spacial score (nSPS) is 21.0. The molecule has 1 saturated carbocycles. The van der Waals surface area contributed by atoms with Gasteiger partial charge in [0.05, 0.1) is 6.04 Å². The molecule has 0 bridgehead atoms. The first-order chi connectivity index (χ1) is 10.8. The topological polar surface area (TPSA) is 87.5 Å². The van der Waals surface area contributed by atoms with E-state index >= 15 is 0 Å². The van der Waals surface area contributed by atoms with E-state index < -0.39 is 0 Å². The Morgan fingerprint density at radius 1 is 1.35 bits per heavy atom. The molecule has 1 aromatic rings. The molecule has 4 N–H and O–H groups in total. The van der Waals surface area contributed by atoms with E-state index in [1.165, 1.54) is 12.1 Å². The van der Waals surface area contributed by atoms with Crippen molar-refractivity contribution < 1.29 is 14.0 Å². The lowest BCUT2D eigenvalue weighted by molar-refractivity contribution is -0.124. The van der Waals surface area contributed by atoms with Crippen molar-refractivity contribution in [2.45, 2.75) is 31.8 Å². The molecule has 0 spiro atoms. The Labute approximate surface area is 135 Å². The van der Waals surface area contributed by atoms with E-state index in [0.717, 1.165) is 5.69 Å². The number of hydrogen-bond acceptors (Lipinski definition) is 3. The minimum absolute atomic E-state index is 0.0412. The molecule has 1 unspecified atom stereocenters. The summed E-state index contributed by atoms with van der Waals surface area (Å²) in [5, 5.41) is 5.60. The molecule has 0 heterocycles. The number of carbonyl (C=O) groups excluding carboxylic acids is 2. The number of nitrogens with zero attached hydrogens (tertiary/aromatic N) is 1. The van der Waals surface area contributed by atoms with Crippen molar-refractivity contribution in [3.05, 3.63) is 29.6 Å². The summed E-state index contributed by atoms with van der Waals surface area (Å²) in [5.41, 5.74) is 6.75. The average molecular weight is 322 g/mol. The Kier molecular flexibility index (Phi) is 5.08. The number of urea groups is 1. The molecule has 0 radical (unpaired) electrons.